The van der Waals surface area contributed by atoms with E-state index in [1.165, 1.54) is 18.9 Å². The molecule has 0 amide bonds. The maximum atomic E-state index is 10.8. The zero-order valence-corrected chi connectivity index (χ0v) is 13.2. The number of aliphatic hydroxyl groups is 1. The molecule has 21 heavy (non-hydrogen) atoms. The van der Waals surface area contributed by atoms with Crippen LogP contribution < -0.4 is 0 Å². The second kappa shape index (κ2) is 16.4. The number of carbonyl (C=O) groups excluding carboxylic acids is 2. The number of ether oxygens (including phenoxy) is 2. The maximum absolute atomic E-state index is 10.8. The summed E-state index contributed by atoms with van der Waals surface area (Å²) in [4.78, 5) is 20.9. The van der Waals surface area contributed by atoms with E-state index in [0.717, 1.165) is 18.9 Å². The van der Waals surface area contributed by atoms with Crippen molar-refractivity contribution in [2.24, 2.45) is 5.92 Å². The molecule has 122 valence electrons. The highest BCUT2D eigenvalue weighted by Crippen LogP contribution is 2.12. The summed E-state index contributed by atoms with van der Waals surface area (Å²) in [5.41, 5.74) is 0. The summed E-state index contributed by atoms with van der Waals surface area (Å²) in [5.74, 6) is -0.294. The molecule has 0 bridgehead atoms. The molecule has 5 heteroatoms. The predicted molar refractivity (Wildman–Crippen MR) is 82.7 cm³/mol. The van der Waals surface area contributed by atoms with Crippen molar-refractivity contribution in [2.75, 3.05) is 19.8 Å². The van der Waals surface area contributed by atoms with Gasteiger partial charge in [0.1, 0.15) is 6.61 Å². The van der Waals surface area contributed by atoms with Gasteiger partial charge in [-0.05, 0) is 12.3 Å². The Hall–Kier alpha value is -1.62. The van der Waals surface area contributed by atoms with Crippen LogP contribution in [0.1, 0.15) is 39.5 Å². The number of hydrogen-bond acceptors (Lipinski definition) is 5. The third kappa shape index (κ3) is 16.3. The number of unbranched alkanes of at least 4 members (excludes halogenated alkanes) is 1. The number of aliphatic hydroxyl groups excluding tert-OH is 1. The van der Waals surface area contributed by atoms with E-state index < -0.39 is 5.97 Å². The van der Waals surface area contributed by atoms with Crippen LogP contribution in [0, 0.1) is 5.92 Å². The largest absolute Gasteiger partial charge is 0.462 e. The third-order valence-corrected chi connectivity index (χ3v) is 2.67. The molecule has 0 fully saturated rings. The van der Waals surface area contributed by atoms with Crippen molar-refractivity contribution < 1.29 is 24.2 Å². The standard InChI is InChI=1S/C11H20O2.C5H8O3/c1-4-7-8-10(5-2)9-13-11(12)6-3;1-2-5(7)8-4-3-6/h6,10H,3-5,7-9H2,1-2H3;2,6H,1,3-4H2. The van der Waals surface area contributed by atoms with Gasteiger partial charge in [0.25, 0.3) is 0 Å². The SMILES string of the molecule is C=CC(=O)OCC(CC)CCCC.C=CC(=O)OCCO. The molecule has 5 nitrogen and oxygen atoms in total. The topological polar surface area (TPSA) is 72.8 Å². The Balaban J connectivity index is 0. The molecule has 0 saturated heterocycles. The molecule has 1 N–H and O–H groups in total. The first-order valence-electron chi connectivity index (χ1n) is 7.24. The van der Waals surface area contributed by atoms with Crippen LogP contribution in [-0.2, 0) is 19.1 Å². The van der Waals surface area contributed by atoms with Crippen LogP contribution in [0.5, 0.6) is 0 Å². The zero-order valence-electron chi connectivity index (χ0n) is 13.2. The van der Waals surface area contributed by atoms with Crippen molar-refractivity contribution in [1.29, 1.82) is 0 Å². The molecular formula is C16H28O5. The van der Waals surface area contributed by atoms with Gasteiger partial charge in [-0.3, -0.25) is 0 Å². The van der Waals surface area contributed by atoms with Crippen LogP contribution in [0.15, 0.2) is 25.3 Å². The molecule has 0 aliphatic rings. The van der Waals surface area contributed by atoms with E-state index in [9.17, 15) is 9.59 Å². The van der Waals surface area contributed by atoms with Crippen LogP contribution in [0.4, 0.5) is 0 Å². The van der Waals surface area contributed by atoms with Gasteiger partial charge < -0.3 is 14.6 Å². The summed E-state index contributed by atoms with van der Waals surface area (Å²) in [6, 6.07) is 0. The fourth-order valence-electron chi connectivity index (χ4n) is 1.36. The van der Waals surface area contributed by atoms with Gasteiger partial charge in [0.05, 0.1) is 13.2 Å². The Labute approximate surface area is 127 Å². The summed E-state index contributed by atoms with van der Waals surface area (Å²) in [6.45, 7) is 11.3. The first-order chi connectivity index (χ1) is 10.0. The summed E-state index contributed by atoms with van der Waals surface area (Å²) < 4.78 is 9.32. The molecule has 0 heterocycles. The monoisotopic (exact) mass is 300 g/mol. The Kier molecular flexibility index (Phi) is 17.0. The highest BCUT2D eigenvalue weighted by atomic mass is 16.5. The van der Waals surface area contributed by atoms with Crippen molar-refractivity contribution in [3.05, 3.63) is 25.3 Å². The highest BCUT2D eigenvalue weighted by Gasteiger charge is 2.07. The predicted octanol–water partition coefficient (Wildman–Crippen LogP) is 2.64. The third-order valence-electron chi connectivity index (χ3n) is 2.67. The molecule has 0 aromatic rings. The van der Waals surface area contributed by atoms with E-state index in [1.807, 2.05) is 0 Å². The maximum Gasteiger partial charge on any atom is 0.330 e. The average molecular weight is 300 g/mol. The second-order valence-electron chi connectivity index (χ2n) is 4.35. The minimum atomic E-state index is -0.501. The highest BCUT2D eigenvalue weighted by molar-refractivity contribution is 5.81. The summed E-state index contributed by atoms with van der Waals surface area (Å²) in [5, 5.41) is 8.10. The van der Waals surface area contributed by atoms with Gasteiger partial charge in [-0.2, -0.15) is 0 Å². The quantitative estimate of drug-likeness (QED) is 0.496. The molecule has 1 unspecified atom stereocenters. The average Bonchev–Trinajstić information content (AvgIpc) is 2.52. The first kappa shape index (κ1) is 21.7. The van der Waals surface area contributed by atoms with Gasteiger partial charge in [-0.1, -0.05) is 46.3 Å². The molecule has 0 rings (SSSR count). The van der Waals surface area contributed by atoms with Gasteiger partial charge in [0.2, 0.25) is 0 Å². The van der Waals surface area contributed by atoms with Crippen LogP contribution >= 0.6 is 0 Å². The van der Waals surface area contributed by atoms with Crippen molar-refractivity contribution in [3.63, 3.8) is 0 Å². The molecule has 0 aromatic carbocycles. The zero-order chi connectivity index (χ0) is 16.5. The van der Waals surface area contributed by atoms with Crippen LogP contribution in [0.25, 0.3) is 0 Å². The Morgan fingerprint density at radius 1 is 1.14 bits per heavy atom. The smallest absolute Gasteiger partial charge is 0.330 e. The van der Waals surface area contributed by atoms with Gasteiger partial charge in [0.15, 0.2) is 0 Å². The van der Waals surface area contributed by atoms with E-state index in [1.54, 1.807) is 0 Å². The first-order valence-corrected chi connectivity index (χ1v) is 7.24. The number of esters is 2. The van der Waals surface area contributed by atoms with Crippen molar-refractivity contribution >= 4 is 11.9 Å². The Morgan fingerprint density at radius 2 is 1.71 bits per heavy atom. The normalized spacial score (nSPS) is 10.6. The van der Waals surface area contributed by atoms with Crippen molar-refractivity contribution in [3.8, 4) is 0 Å². The van der Waals surface area contributed by atoms with Crippen molar-refractivity contribution in [1.82, 2.24) is 0 Å². The molecule has 0 aliphatic carbocycles. The van der Waals surface area contributed by atoms with Crippen LogP contribution in [0.2, 0.25) is 0 Å². The van der Waals surface area contributed by atoms with Crippen LogP contribution in [-0.4, -0.2) is 36.9 Å². The molecule has 0 saturated carbocycles. The minimum absolute atomic E-state index is 0.0465. The molecule has 0 radical (unpaired) electrons. The lowest BCUT2D eigenvalue weighted by molar-refractivity contribution is -0.139. The number of hydrogen-bond donors (Lipinski definition) is 1. The van der Waals surface area contributed by atoms with Crippen LogP contribution in [0.3, 0.4) is 0 Å². The number of rotatable bonds is 10. The van der Waals surface area contributed by atoms with E-state index in [4.69, 9.17) is 9.84 Å². The van der Waals surface area contributed by atoms with Crippen molar-refractivity contribution in [2.45, 2.75) is 39.5 Å². The summed E-state index contributed by atoms with van der Waals surface area (Å²) in [7, 11) is 0. The molecular weight excluding hydrogens is 272 g/mol. The lowest BCUT2D eigenvalue weighted by atomic mass is 10.0. The summed E-state index contributed by atoms with van der Waals surface area (Å²) >= 11 is 0. The minimum Gasteiger partial charge on any atom is -0.462 e. The van der Waals surface area contributed by atoms with Gasteiger partial charge >= 0.3 is 11.9 Å². The molecule has 0 aliphatic heterocycles. The van der Waals surface area contributed by atoms with E-state index in [2.05, 4.69) is 31.7 Å². The fraction of sp³-hybridized carbons (Fsp3) is 0.625. The Morgan fingerprint density at radius 3 is 2.14 bits per heavy atom. The van der Waals surface area contributed by atoms with Gasteiger partial charge in [-0.25, -0.2) is 9.59 Å². The van der Waals surface area contributed by atoms with Gasteiger partial charge in [0, 0.05) is 12.2 Å². The lowest BCUT2D eigenvalue weighted by Gasteiger charge is -2.13. The van der Waals surface area contributed by atoms with E-state index in [0.29, 0.717) is 12.5 Å². The van der Waals surface area contributed by atoms with Gasteiger partial charge in [-0.15, -0.1) is 0 Å². The Bertz CT molecular complexity index is 299. The second-order valence-corrected chi connectivity index (χ2v) is 4.35. The van der Waals surface area contributed by atoms with E-state index >= 15 is 0 Å². The number of carbonyl (C=O) groups is 2. The molecule has 1 atom stereocenters. The molecule has 0 aromatic heterocycles. The van der Waals surface area contributed by atoms with E-state index in [-0.39, 0.29) is 19.2 Å². The molecule has 0 spiro atoms. The lowest BCUT2D eigenvalue weighted by Crippen LogP contribution is -2.12. The fourth-order valence-corrected chi connectivity index (χ4v) is 1.36. The summed E-state index contributed by atoms with van der Waals surface area (Å²) in [6.07, 6.45) is 6.90.